The van der Waals surface area contributed by atoms with Crippen LogP contribution in [0.15, 0.2) is 11.1 Å². The molecule has 0 radical (unpaired) electrons. The number of nitrogens with zero attached hydrogens (tertiary/aromatic N) is 3. The fourth-order valence-electron chi connectivity index (χ4n) is 3.10. The van der Waals surface area contributed by atoms with Gasteiger partial charge in [0.2, 0.25) is 5.95 Å². The van der Waals surface area contributed by atoms with Crippen LogP contribution in [0.5, 0.6) is 0 Å². The molecule has 1 saturated heterocycles. The average Bonchev–Trinajstić information content (AvgIpc) is 3.29. The molecule has 0 spiro atoms. The first-order valence-electron chi connectivity index (χ1n) is 10.2. The quantitative estimate of drug-likeness (QED) is 0.104. The molecule has 0 amide bonds. The molecule has 0 aliphatic carbocycles. The zero-order valence-electron chi connectivity index (χ0n) is 20.1. The number of H-pyrrole nitrogens is 1. The van der Waals surface area contributed by atoms with E-state index < -0.39 is 77.5 Å². The van der Waals surface area contributed by atoms with Crippen molar-refractivity contribution in [3.05, 3.63) is 16.7 Å². The first-order valence-corrected chi connectivity index (χ1v) is 19.2. The predicted octanol–water partition coefficient (Wildman–Crippen LogP) is -0.956. The molecule has 2 aromatic rings. The average molecular weight is 747 g/mol. The number of aliphatic hydroxyl groups excluding tert-OH is 1. The van der Waals surface area contributed by atoms with Gasteiger partial charge in [0.15, 0.2) is 11.2 Å². The van der Waals surface area contributed by atoms with Gasteiger partial charge in [-0.05, 0) is 0 Å². The standard InChI is InChI=1S/C10H19N5O22P6/c11-10-13-8-7(9(17)14-10)12-3-15(8)6-1-4(16)5(32-6)2-31-39(21,22)34-41(25,26)36-43(29,30)37-42(27,28)35-40(23,24)33-38(18,19)20/h3-6,16H,1-2H2,(H,21,22)(H,23,24)(H,25,26)(H,27,28)(H,29,30)(H2,18,19,20)(H3,11,13,14,17)/t4-,5+,6+/m0/s1. The van der Waals surface area contributed by atoms with Crippen molar-refractivity contribution in [2.45, 2.75) is 24.9 Å². The number of aliphatic hydroxyl groups is 1. The summed E-state index contributed by atoms with van der Waals surface area (Å²) in [5.74, 6) is -0.277. The molecular weight excluding hydrogens is 728 g/mol. The summed E-state index contributed by atoms with van der Waals surface area (Å²) in [7, 11) is -36.9. The topological polar surface area (TPSA) is 418 Å². The second-order valence-corrected chi connectivity index (χ2v) is 16.9. The number of ether oxygens (including phenoxy) is 1. The molecule has 5 unspecified atom stereocenters. The maximum atomic E-state index is 12.1. The van der Waals surface area contributed by atoms with Crippen molar-refractivity contribution in [2.24, 2.45) is 0 Å². The highest BCUT2D eigenvalue weighted by atomic mass is 31.3. The van der Waals surface area contributed by atoms with Gasteiger partial charge >= 0.3 is 46.9 Å². The summed E-state index contributed by atoms with van der Waals surface area (Å²) in [6, 6.07) is 0. The summed E-state index contributed by atoms with van der Waals surface area (Å²) in [6.07, 6.45) is -3.12. The molecule has 27 nitrogen and oxygen atoms in total. The summed E-state index contributed by atoms with van der Waals surface area (Å²) in [5.41, 5.74) is 4.60. The van der Waals surface area contributed by atoms with Crippen LogP contribution in [0.4, 0.5) is 5.95 Å². The monoisotopic (exact) mass is 747 g/mol. The molecule has 43 heavy (non-hydrogen) atoms. The molecule has 0 bridgehead atoms. The Morgan fingerprint density at radius 3 is 1.88 bits per heavy atom. The van der Waals surface area contributed by atoms with Crippen LogP contribution >= 0.6 is 46.9 Å². The second kappa shape index (κ2) is 12.6. The molecule has 246 valence electrons. The van der Waals surface area contributed by atoms with Gasteiger partial charge in [0.05, 0.1) is 19.0 Å². The number of aromatic nitrogens is 4. The van der Waals surface area contributed by atoms with Crippen molar-refractivity contribution in [3.63, 3.8) is 0 Å². The number of phosphoric acid groups is 6. The second-order valence-electron chi connectivity index (χ2n) is 7.74. The lowest BCUT2D eigenvalue weighted by atomic mass is 10.2. The first-order chi connectivity index (χ1) is 19.3. The number of hydrogen-bond acceptors (Lipinski definition) is 18. The fourth-order valence-corrected chi connectivity index (χ4v) is 10.4. The Morgan fingerprint density at radius 2 is 1.37 bits per heavy atom. The number of nitrogens with two attached hydrogens (primary N) is 1. The molecule has 1 aliphatic rings. The van der Waals surface area contributed by atoms with E-state index in [2.05, 4.69) is 41.0 Å². The van der Waals surface area contributed by atoms with E-state index in [0.29, 0.717) is 0 Å². The van der Waals surface area contributed by atoms with Gasteiger partial charge in [-0.1, -0.05) is 0 Å². The Labute approximate surface area is 235 Å². The summed E-state index contributed by atoms with van der Waals surface area (Å²) in [4.78, 5) is 85.6. The van der Waals surface area contributed by atoms with Crippen LogP contribution in [-0.4, -0.2) is 77.7 Å². The van der Waals surface area contributed by atoms with Crippen molar-refractivity contribution in [2.75, 3.05) is 12.3 Å². The van der Waals surface area contributed by atoms with Crippen molar-refractivity contribution >= 4 is 64.0 Å². The zero-order valence-corrected chi connectivity index (χ0v) is 25.5. The molecule has 1 aliphatic heterocycles. The van der Waals surface area contributed by atoms with Crippen molar-refractivity contribution in [1.82, 2.24) is 19.5 Å². The number of imidazole rings is 1. The van der Waals surface area contributed by atoms with Crippen LogP contribution in [-0.2, 0) is 58.2 Å². The van der Waals surface area contributed by atoms with Gasteiger partial charge in [-0.15, -0.1) is 0 Å². The van der Waals surface area contributed by atoms with Crippen LogP contribution in [0.1, 0.15) is 12.6 Å². The van der Waals surface area contributed by atoms with Crippen LogP contribution in [0, 0.1) is 0 Å². The van der Waals surface area contributed by atoms with Crippen LogP contribution in [0.25, 0.3) is 11.2 Å². The molecule has 0 saturated carbocycles. The highest BCUT2D eigenvalue weighted by Crippen LogP contribution is 2.75. The van der Waals surface area contributed by atoms with Crippen molar-refractivity contribution in [1.29, 1.82) is 0 Å². The minimum atomic E-state index is -6.43. The van der Waals surface area contributed by atoms with Gasteiger partial charge in [0.25, 0.3) is 5.56 Å². The van der Waals surface area contributed by atoms with Crippen LogP contribution in [0.2, 0.25) is 0 Å². The third kappa shape index (κ3) is 10.8. The molecule has 1 fully saturated rings. The number of hydrogen-bond donors (Lipinski definition) is 10. The predicted molar refractivity (Wildman–Crippen MR) is 130 cm³/mol. The largest absolute Gasteiger partial charge is 0.490 e. The first kappa shape index (κ1) is 36.4. The Hall–Kier alpha value is -1.07. The van der Waals surface area contributed by atoms with Crippen LogP contribution in [0.3, 0.4) is 0 Å². The van der Waals surface area contributed by atoms with Gasteiger partial charge in [-0.2, -0.15) is 26.5 Å². The molecule has 0 aromatic carbocycles. The lowest BCUT2D eigenvalue weighted by Crippen LogP contribution is -2.26. The van der Waals surface area contributed by atoms with Gasteiger partial charge in [0, 0.05) is 6.42 Å². The van der Waals surface area contributed by atoms with Gasteiger partial charge in [0.1, 0.15) is 12.3 Å². The van der Waals surface area contributed by atoms with E-state index in [0.717, 1.165) is 6.33 Å². The Morgan fingerprint density at radius 1 is 0.884 bits per heavy atom. The zero-order chi connectivity index (χ0) is 32.8. The number of rotatable bonds is 14. The molecule has 33 heteroatoms. The number of fused-ring (bicyclic) bond motifs is 1. The number of phosphoric ester groups is 1. The molecule has 11 N–H and O–H groups in total. The third-order valence-corrected chi connectivity index (χ3v) is 13.2. The van der Waals surface area contributed by atoms with E-state index in [1.807, 2.05) is 0 Å². The number of nitrogens with one attached hydrogen (secondary N) is 1. The van der Waals surface area contributed by atoms with Gasteiger partial charge in [-0.25, -0.2) is 32.4 Å². The minimum Gasteiger partial charge on any atom is -0.390 e. The Bertz CT molecular complexity index is 1720. The SMILES string of the molecule is Nc1nc2c(ncn2[C@H]2C[C@H](O)[C@@H](COP(=O)(O)OP(=O)(O)OP(=O)(O)OP(=O)(O)OP(=O)(O)OP(=O)(O)O)O2)c(=O)[nH]1. The van der Waals surface area contributed by atoms with Gasteiger partial charge < -0.3 is 49.8 Å². The molecule has 8 atom stereocenters. The molecule has 3 heterocycles. The highest BCUT2D eigenvalue weighted by molar-refractivity contribution is 7.72. The Kier molecular flexibility index (Phi) is 10.7. The smallest absolute Gasteiger partial charge is 0.390 e. The number of anilines is 1. The van der Waals surface area contributed by atoms with Crippen molar-refractivity contribution in [3.8, 4) is 0 Å². The molecule has 3 rings (SSSR count). The molecular formula is C10H19N5O22P6. The number of nitrogen functional groups attached to an aromatic ring is 1. The summed E-state index contributed by atoms with van der Waals surface area (Å²) < 4.78 is 97.4. The van der Waals surface area contributed by atoms with E-state index in [9.17, 15) is 56.9 Å². The highest BCUT2D eigenvalue weighted by Gasteiger charge is 2.49. The summed E-state index contributed by atoms with van der Waals surface area (Å²) >= 11 is 0. The van der Waals surface area contributed by atoms with Crippen molar-refractivity contribution < 1.29 is 97.6 Å². The lowest BCUT2D eigenvalue weighted by Gasteiger charge is -2.21. The minimum absolute atomic E-state index is 0.0563. The summed E-state index contributed by atoms with van der Waals surface area (Å²) in [6.45, 7) is -1.06. The normalized spacial score (nSPS) is 26.7. The maximum Gasteiger partial charge on any atom is 0.490 e. The third-order valence-electron chi connectivity index (χ3n) is 4.40. The fraction of sp³-hybridized carbons (Fsp3) is 0.500. The van der Waals surface area contributed by atoms with E-state index in [1.165, 1.54) is 4.57 Å². The maximum absolute atomic E-state index is 12.1. The van der Waals surface area contributed by atoms with E-state index >= 15 is 0 Å². The van der Waals surface area contributed by atoms with E-state index in [-0.39, 0.29) is 23.5 Å². The van der Waals surface area contributed by atoms with Crippen LogP contribution < -0.4 is 11.3 Å². The number of aromatic amines is 1. The lowest BCUT2D eigenvalue weighted by molar-refractivity contribution is -0.0423. The van der Waals surface area contributed by atoms with E-state index in [1.54, 1.807) is 0 Å². The summed E-state index contributed by atoms with van der Waals surface area (Å²) in [5, 5.41) is 10.2. The Balaban J connectivity index is 1.60. The molecule has 2 aromatic heterocycles. The van der Waals surface area contributed by atoms with Gasteiger partial charge in [-0.3, -0.25) is 18.9 Å². The van der Waals surface area contributed by atoms with E-state index in [4.69, 9.17) is 25.2 Å².